The Morgan fingerprint density at radius 1 is 1.29 bits per heavy atom. The van der Waals surface area contributed by atoms with Crippen LogP contribution in [0.3, 0.4) is 0 Å². The number of rotatable bonds is 0. The number of carbonyl (C=O) groups is 1. The smallest absolute Gasteiger partial charge is 0.202 e. The maximum absolute atomic E-state index is 12.4. The van der Waals surface area contributed by atoms with Crippen molar-refractivity contribution in [2.45, 2.75) is 20.5 Å². The van der Waals surface area contributed by atoms with Crippen LogP contribution in [0.5, 0.6) is 5.75 Å². The third-order valence-corrected chi connectivity index (χ3v) is 2.90. The molecule has 2 aromatic rings. The minimum absolute atomic E-state index is 0.0741. The molecule has 0 saturated carbocycles. The highest BCUT2D eigenvalue weighted by Gasteiger charge is 2.27. The normalized spacial score (nSPS) is 13.6. The predicted molar refractivity (Wildman–Crippen MR) is 60.2 cm³/mol. The lowest BCUT2D eigenvalue weighted by atomic mass is 10.0. The fourth-order valence-corrected chi connectivity index (χ4v) is 2.04. The summed E-state index contributed by atoms with van der Waals surface area (Å²) in [6, 6.07) is 5.58. The van der Waals surface area contributed by atoms with Gasteiger partial charge in [0.2, 0.25) is 5.78 Å². The van der Waals surface area contributed by atoms with Crippen LogP contribution in [-0.4, -0.2) is 10.9 Å². The van der Waals surface area contributed by atoms with E-state index in [2.05, 4.69) is 5.16 Å². The maximum atomic E-state index is 12.4. The van der Waals surface area contributed by atoms with Gasteiger partial charge in [0.25, 0.3) is 0 Å². The molecule has 0 saturated heterocycles. The molecule has 17 heavy (non-hydrogen) atoms. The lowest BCUT2D eigenvalue weighted by Crippen LogP contribution is -2.03. The first kappa shape index (κ1) is 10.1. The van der Waals surface area contributed by atoms with Crippen molar-refractivity contribution in [2.24, 2.45) is 0 Å². The molecule has 0 radical (unpaired) electrons. The molecular weight excluding hydrogens is 218 g/mol. The molecule has 0 amide bonds. The summed E-state index contributed by atoms with van der Waals surface area (Å²) in [6.07, 6.45) is 0. The van der Waals surface area contributed by atoms with Crippen LogP contribution < -0.4 is 4.74 Å². The topological polar surface area (TPSA) is 52.3 Å². The summed E-state index contributed by atoms with van der Waals surface area (Å²) < 4.78 is 10.6. The van der Waals surface area contributed by atoms with E-state index in [1.165, 1.54) is 0 Å². The van der Waals surface area contributed by atoms with Gasteiger partial charge < -0.3 is 9.26 Å². The monoisotopic (exact) mass is 229 g/mol. The van der Waals surface area contributed by atoms with Crippen LogP contribution in [-0.2, 0) is 6.61 Å². The van der Waals surface area contributed by atoms with Gasteiger partial charge >= 0.3 is 0 Å². The van der Waals surface area contributed by atoms with Crippen molar-refractivity contribution < 1.29 is 14.1 Å². The van der Waals surface area contributed by atoms with Gasteiger partial charge in [-0.25, -0.2) is 0 Å². The minimum atomic E-state index is -0.0741. The summed E-state index contributed by atoms with van der Waals surface area (Å²) in [5.41, 5.74) is 2.71. The summed E-state index contributed by atoms with van der Waals surface area (Å²) in [4.78, 5) is 12.4. The van der Waals surface area contributed by atoms with E-state index in [1.54, 1.807) is 6.92 Å². The zero-order valence-electron chi connectivity index (χ0n) is 9.61. The Kier molecular flexibility index (Phi) is 2.04. The van der Waals surface area contributed by atoms with Gasteiger partial charge in [-0.1, -0.05) is 16.8 Å². The number of aryl methyl sites for hydroxylation is 2. The van der Waals surface area contributed by atoms with Crippen LogP contribution >= 0.6 is 0 Å². The minimum Gasteiger partial charge on any atom is -0.486 e. The molecule has 1 aliphatic rings. The molecule has 1 aromatic carbocycles. The van der Waals surface area contributed by atoms with Crippen LogP contribution in [0.25, 0.3) is 0 Å². The van der Waals surface area contributed by atoms with Crippen molar-refractivity contribution >= 4 is 5.78 Å². The second kappa shape index (κ2) is 3.45. The molecule has 0 unspecified atom stereocenters. The molecule has 4 heteroatoms. The predicted octanol–water partition coefficient (Wildman–Crippen LogP) is 2.41. The number of benzene rings is 1. The number of carbonyl (C=O) groups excluding carboxylic acids is 1. The third kappa shape index (κ3) is 1.45. The fourth-order valence-electron chi connectivity index (χ4n) is 2.04. The van der Waals surface area contributed by atoms with Gasteiger partial charge in [0.1, 0.15) is 23.8 Å². The van der Waals surface area contributed by atoms with Crippen LogP contribution in [0.1, 0.15) is 32.9 Å². The van der Waals surface area contributed by atoms with E-state index < -0.39 is 0 Å². The van der Waals surface area contributed by atoms with E-state index in [0.717, 1.165) is 5.56 Å². The molecule has 0 aliphatic carbocycles. The Morgan fingerprint density at radius 2 is 2.12 bits per heavy atom. The average Bonchev–Trinajstić information content (AvgIpc) is 2.61. The Balaban J connectivity index is 2.24. The van der Waals surface area contributed by atoms with Crippen LogP contribution in [0, 0.1) is 13.8 Å². The maximum Gasteiger partial charge on any atom is 0.202 e. The third-order valence-electron chi connectivity index (χ3n) is 2.90. The molecule has 0 fully saturated rings. The first-order valence-corrected chi connectivity index (χ1v) is 5.40. The number of fused-ring (bicyclic) bond motifs is 2. The largest absolute Gasteiger partial charge is 0.486 e. The molecule has 3 rings (SSSR count). The highest BCUT2D eigenvalue weighted by atomic mass is 16.5. The van der Waals surface area contributed by atoms with Crippen LogP contribution in [0.2, 0.25) is 0 Å². The summed E-state index contributed by atoms with van der Waals surface area (Å²) in [7, 11) is 0. The highest BCUT2D eigenvalue weighted by molar-refractivity contribution is 6.12. The molecule has 86 valence electrons. The Morgan fingerprint density at radius 3 is 2.94 bits per heavy atom. The molecule has 1 aromatic heterocycles. The van der Waals surface area contributed by atoms with Gasteiger partial charge in [0.15, 0.2) is 0 Å². The highest BCUT2D eigenvalue weighted by Crippen LogP contribution is 2.30. The van der Waals surface area contributed by atoms with E-state index in [9.17, 15) is 4.79 Å². The first-order valence-electron chi connectivity index (χ1n) is 5.40. The van der Waals surface area contributed by atoms with Gasteiger partial charge in [-0.2, -0.15) is 0 Å². The number of nitrogens with zero attached hydrogens (tertiary/aromatic N) is 1. The molecule has 0 spiro atoms. The molecular formula is C13H11NO3. The molecule has 0 N–H and O–H groups in total. The molecule has 1 aliphatic heterocycles. The molecule has 0 bridgehead atoms. The van der Waals surface area contributed by atoms with E-state index in [4.69, 9.17) is 9.26 Å². The second-order valence-corrected chi connectivity index (χ2v) is 4.18. The summed E-state index contributed by atoms with van der Waals surface area (Å²) in [6.45, 7) is 3.96. The SMILES string of the molecule is Cc1ccc2c(c1)C(=O)c1c(noc1C)CO2. The number of aromatic nitrogens is 1. The summed E-state index contributed by atoms with van der Waals surface area (Å²) in [5.74, 6) is 1.08. The van der Waals surface area contributed by atoms with Crippen molar-refractivity contribution in [3.63, 3.8) is 0 Å². The quantitative estimate of drug-likeness (QED) is 0.696. The lowest BCUT2D eigenvalue weighted by Gasteiger charge is -2.06. The Bertz CT molecular complexity index is 613. The van der Waals surface area contributed by atoms with Gasteiger partial charge in [0, 0.05) is 0 Å². The number of hydrogen-bond donors (Lipinski definition) is 0. The van der Waals surface area contributed by atoms with Gasteiger partial charge in [-0.05, 0) is 26.0 Å². The van der Waals surface area contributed by atoms with Crippen molar-refractivity contribution in [1.82, 2.24) is 5.16 Å². The van der Waals surface area contributed by atoms with Crippen LogP contribution in [0.4, 0.5) is 0 Å². The van der Waals surface area contributed by atoms with E-state index in [1.807, 2.05) is 25.1 Å². The Labute approximate surface area is 98.2 Å². The van der Waals surface area contributed by atoms with Crippen molar-refractivity contribution in [3.8, 4) is 5.75 Å². The number of ether oxygens (including phenoxy) is 1. The zero-order valence-corrected chi connectivity index (χ0v) is 9.61. The van der Waals surface area contributed by atoms with Crippen molar-refractivity contribution in [1.29, 1.82) is 0 Å². The number of hydrogen-bond acceptors (Lipinski definition) is 4. The van der Waals surface area contributed by atoms with Crippen molar-refractivity contribution in [3.05, 3.63) is 46.3 Å². The first-order chi connectivity index (χ1) is 8.16. The number of ketones is 1. The second-order valence-electron chi connectivity index (χ2n) is 4.18. The standard InChI is InChI=1S/C13H11NO3/c1-7-3-4-11-9(5-7)13(15)12-8(2)17-14-10(12)6-16-11/h3-5H,6H2,1-2H3. The van der Waals surface area contributed by atoms with Gasteiger partial charge in [-0.3, -0.25) is 4.79 Å². The summed E-state index contributed by atoms with van der Waals surface area (Å²) >= 11 is 0. The Hall–Kier alpha value is -2.10. The fraction of sp³-hybridized carbons (Fsp3) is 0.231. The van der Waals surface area contributed by atoms with Gasteiger partial charge in [0.05, 0.1) is 11.1 Å². The lowest BCUT2D eigenvalue weighted by molar-refractivity contribution is 0.103. The molecule has 2 heterocycles. The summed E-state index contributed by atoms with van der Waals surface area (Å²) in [5, 5.41) is 3.85. The van der Waals surface area contributed by atoms with Crippen molar-refractivity contribution in [2.75, 3.05) is 0 Å². The zero-order chi connectivity index (χ0) is 12.0. The van der Waals surface area contributed by atoms with E-state index in [-0.39, 0.29) is 12.4 Å². The van der Waals surface area contributed by atoms with Gasteiger partial charge in [-0.15, -0.1) is 0 Å². The average molecular weight is 229 g/mol. The molecule has 0 atom stereocenters. The van der Waals surface area contributed by atoms with E-state index in [0.29, 0.717) is 28.3 Å². The molecule has 4 nitrogen and oxygen atoms in total. The van der Waals surface area contributed by atoms with E-state index >= 15 is 0 Å². The van der Waals surface area contributed by atoms with Crippen LogP contribution in [0.15, 0.2) is 22.7 Å².